The van der Waals surface area contributed by atoms with Gasteiger partial charge in [0.15, 0.2) is 0 Å². The molecule has 1 unspecified atom stereocenters. The van der Waals surface area contributed by atoms with Gasteiger partial charge in [0.2, 0.25) is 11.8 Å². The molecule has 2 rings (SSSR count). The van der Waals surface area contributed by atoms with Crippen LogP contribution in [0.25, 0.3) is 0 Å². The maximum absolute atomic E-state index is 12.4. The molecule has 1 aliphatic rings. The smallest absolute Gasteiger partial charge is 0.241 e. The number of nitrogens with one attached hydrogen (secondary N) is 2. The lowest BCUT2D eigenvalue weighted by Crippen LogP contribution is -2.58. The van der Waals surface area contributed by atoms with Crippen molar-refractivity contribution in [1.82, 2.24) is 15.5 Å². The number of methoxy groups -OCH3 is 1. The van der Waals surface area contributed by atoms with Gasteiger partial charge < -0.3 is 15.0 Å². The Hall–Kier alpha value is -2.08. The van der Waals surface area contributed by atoms with Crippen LogP contribution in [0.2, 0.25) is 0 Å². The molecule has 21 heavy (non-hydrogen) atoms. The van der Waals surface area contributed by atoms with E-state index in [9.17, 15) is 9.59 Å². The Morgan fingerprint density at radius 2 is 2.24 bits per heavy atom. The molecule has 1 saturated heterocycles. The lowest BCUT2D eigenvalue weighted by molar-refractivity contribution is -0.134. The Labute approximate surface area is 124 Å². The Bertz CT molecular complexity index is 535. The molecule has 1 aromatic rings. The number of amides is 2. The molecular weight excluding hydrogens is 270 g/mol. The van der Waals surface area contributed by atoms with Crippen molar-refractivity contribution in [3.63, 3.8) is 0 Å². The van der Waals surface area contributed by atoms with Gasteiger partial charge in [-0.3, -0.25) is 14.9 Å². The van der Waals surface area contributed by atoms with Crippen molar-refractivity contribution in [1.29, 1.82) is 0 Å². The minimum Gasteiger partial charge on any atom is -0.496 e. The molecule has 1 atom stereocenters. The highest BCUT2D eigenvalue weighted by molar-refractivity contribution is 5.86. The van der Waals surface area contributed by atoms with Gasteiger partial charge in [0.25, 0.3) is 0 Å². The molecule has 0 bridgehead atoms. The molecule has 0 aromatic heterocycles. The summed E-state index contributed by atoms with van der Waals surface area (Å²) in [6.45, 7) is 2.98. The van der Waals surface area contributed by atoms with Gasteiger partial charge in [-0.05, 0) is 13.0 Å². The first-order valence-corrected chi connectivity index (χ1v) is 6.90. The fourth-order valence-corrected chi connectivity index (χ4v) is 2.37. The number of carbonyl (C=O) groups is 2. The third-order valence-electron chi connectivity index (χ3n) is 3.53. The number of nitrogens with zero attached hydrogens (tertiary/aromatic N) is 1. The molecule has 1 aliphatic heterocycles. The van der Waals surface area contributed by atoms with Gasteiger partial charge >= 0.3 is 0 Å². The second-order valence-corrected chi connectivity index (χ2v) is 5.25. The van der Waals surface area contributed by atoms with Crippen molar-refractivity contribution in [2.45, 2.75) is 19.5 Å². The monoisotopic (exact) mass is 291 g/mol. The fraction of sp³-hybridized carbons (Fsp3) is 0.467. The maximum atomic E-state index is 12.4. The van der Waals surface area contributed by atoms with Gasteiger partial charge in [0.05, 0.1) is 13.7 Å². The van der Waals surface area contributed by atoms with E-state index in [0.717, 1.165) is 16.9 Å². The van der Waals surface area contributed by atoms with E-state index in [1.54, 1.807) is 19.1 Å². The van der Waals surface area contributed by atoms with Crippen LogP contribution in [-0.2, 0) is 16.1 Å². The molecular formula is C15H21N3O3. The van der Waals surface area contributed by atoms with Crippen molar-refractivity contribution < 1.29 is 14.3 Å². The van der Waals surface area contributed by atoms with E-state index in [-0.39, 0.29) is 24.4 Å². The topological polar surface area (TPSA) is 70.7 Å². The molecule has 2 N–H and O–H groups in total. The molecule has 0 spiro atoms. The fourth-order valence-electron chi connectivity index (χ4n) is 2.37. The predicted molar refractivity (Wildman–Crippen MR) is 79.0 cm³/mol. The first-order valence-electron chi connectivity index (χ1n) is 6.90. The third-order valence-corrected chi connectivity index (χ3v) is 3.53. The van der Waals surface area contributed by atoms with Crippen molar-refractivity contribution in [2.24, 2.45) is 0 Å². The zero-order valence-electron chi connectivity index (χ0n) is 12.6. The van der Waals surface area contributed by atoms with E-state index in [1.807, 2.05) is 25.1 Å². The highest BCUT2D eigenvalue weighted by Gasteiger charge is 2.26. The standard InChI is InChI=1S/C15H21N3O3/c1-10-4-5-13(21-3)11(6-10)9-18(2)15(20)12-7-17-14(19)8-16-12/h4-6,12,16H,7-9H2,1-3H3,(H,17,19). The van der Waals surface area contributed by atoms with Crippen LogP contribution in [0.5, 0.6) is 5.75 Å². The van der Waals surface area contributed by atoms with Crippen LogP contribution in [0.15, 0.2) is 18.2 Å². The number of ether oxygens (including phenoxy) is 1. The van der Waals surface area contributed by atoms with Gasteiger partial charge in [-0.25, -0.2) is 0 Å². The summed E-state index contributed by atoms with van der Waals surface area (Å²) >= 11 is 0. The van der Waals surface area contributed by atoms with Crippen LogP contribution < -0.4 is 15.4 Å². The summed E-state index contributed by atoms with van der Waals surface area (Å²) in [5, 5.41) is 5.63. The highest BCUT2D eigenvalue weighted by Crippen LogP contribution is 2.21. The van der Waals surface area contributed by atoms with E-state index in [4.69, 9.17) is 4.74 Å². The van der Waals surface area contributed by atoms with Gasteiger partial charge in [-0.15, -0.1) is 0 Å². The number of hydrogen-bond donors (Lipinski definition) is 2. The lowest BCUT2D eigenvalue weighted by atomic mass is 10.1. The Morgan fingerprint density at radius 1 is 1.48 bits per heavy atom. The summed E-state index contributed by atoms with van der Waals surface area (Å²) < 4.78 is 5.33. The second kappa shape index (κ2) is 6.58. The van der Waals surface area contributed by atoms with Crippen LogP contribution in [0.3, 0.4) is 0 Å². The molecule has 1 aromatic carbocycles. The lowest BCUT2D eigenvalue weighted by Gasteiger charge is -2.28. The van der Waals surface area contributed by atoms with Gasteiger partial charge in [0, 0.05) is 25.7 Å². The Balaban J connectivity index is 2.03. The molecule has 1 heterocycles. The van der Waals surface area contributed by atoms with Gasteiger partial charge in [-0.2, -0.15) is 0 Å². The summed E-state index contributed by atoms with van der Waals surface area (Å²) in [4.78, 5) is 25.1. The molecule has 0 saturated carbocycles. The summed E-state index contributed by atoms with van der Waals surface area (Å²) in [6, 6.07) is 5.52. The predicted octanol–water partition coefficient (Wildman–Crippen LogP) is 0.0500. The van der Waals surface area contributed by atoms with Crippen LogP contribution >= 0.6 is 0 Å². The van der Waals surface area contributed by atoms with Crippen molar-refractivity contribution in [3.8, 4) is 5.75 Å². The number of likely N-dealkylation sites (N-methyl/N-ethyl adjacent to an activating group) is 1. The first kappa shape index (κ1) is 15.3. The number of carbonyl (C=O) groups excluding carboxylic acids is 2. The minimum atomic E-state index is -0.372. The molecule has 6 heteroatoms. The highest BCUT2D eigenvalue weighted by atomic mass is 16.5. The zero-order chi connectivity index (χ0) is 15.4. The number of aryl methyl sites for hydroxylation is 1. The number of piperazine rings is 1. The van der Waals surface area contributed by atoms with Gasteiger partial charge in [0.1, 0.15) is 11.8 Å². The Kier molecular flexibility index (Phi) is 4.80. The minimum absolute atomic E-state index is 0.0430. The maximum Gasteiger partial charge on any atom is 0.241 e. The van der Waals surface area contributed by atoms with E-state index >= 15 is 0 Å². The number of hydrogen-bond acceptors (Lipinski definition) is 4. The van der Waals surface area contributed by atoms with Crippen molar-refractivity contribution in [2.75, 3.05) is 27.2 Å². The van der Waals surface area contributed by atoms with Crippen LogP contribution in [0.1, 0.15) is 11.1 Å². The first-order chi connectivity index (χ1) is 10.0. The van der Waals surface area contributed by atoms with Crippen LogP contribution in [0, 0.1) is 6.92 Å². The van der Waals surface area contributed by atoms with E-state index in [1.165, 1.54) is 0 Å². The quantitative estimate of drug-likeness (QED) is 0.822. The summed E-state index contributed by atoms with van der Waals surface area (Å²) in [5.74, 6) is 0.644. The summed E-state index contributed by atoms with van der Waals surface area (Å²) in [5.41, 5.74) is 2.09. The normalized spacial score (nSPS) is 18.0. The number of rotatable bonds is 4. The second-order valence-electron chi connectivity index (χ2n) is 5.25. The molecule has 114 valence electrons. The average molecular weight is 291 g/mol. The zero-order valence-corrected chi connectivity index (χ0v) is 12.6. The molecule has 0 radical (unpaired) electrons. The third kappa shape index (κ3) is 3.72. The Morgan fingerprint density at radius 3 is 2.86 bits per heavy atom. The molecule has 2 amide bonds. The average Bonchev–Trinajstić information content (AvgIpc) is 2.47. The largest absolute Gasteiger partial charge is 0.496 e. The van der Waals surface area contributed by atoms with E-state index < -0.39 is 0 Å². The summed E-state index contributed by atoms with van der Waals surface area (Å²) in [6.07, 6.45) is 0. The summed E-state index contributed by atoms with van der Waals surface area (Å²) in [7, 11) is 3.37. The van der Waals surface area contributed by atoms with Crippen molar-refractivity contribution in [3.05, 3.63) is 29.3 Å². The van der Waals surface area contributed by atoms with Crippen LogP contribution in [-0.4, -0.2) is 50.0 Å². The number of benzene rings is 1. The molecule has 0 aliphatic carbocycles. The van der Waals surface area contributed by atoms with Crippen molar-refractivity contribution >= 4 is 11.8 Å². The van der Waals surface area contributed by atoms with Crippen LogP contribution in [0.4, 0.5) is 0 Å². The van der Waals surface area contributed by atoms with E-state index in [2.05, 4.69) is 10.6 Å². The molecule has 6 nitrogen and oxygen atoms in total. The van der Waals surface area contributed by atoms with E-state index in [0.29, 0.717) is 13.1 Å². The SMILES string of the molecule is COc1ccc(C)cc1CN(C)C(=O)C1CNC(=O)CN1. The molecule has 1 fully saturated rings. The van der Waals surface area contributed by atoms with Gasteiger partial charge in [-0.1, -0.05) is 17.7 Å².